The molecule has 152 valence electrons. The number of rotatable bonds is 12. The van der Waals surface area contributed by atoms with E-state index in [1.165, 1.54) is 13.8 Å². The smallest absolute Gasteiger partial charge is 0.333 e. The molecule has 0 spiro atoms. The topological polar surface area (TPSA) is 135 Å². The molecular formula is C17H28N4O6. The van der Waals surface area contributed by atoms with Gasteiger partial charge < -0.3 is 30.7 Å². The maximum absolute atomic E-state index is 11.5. The molecule has 27 heavy (non-hydrogen) atoms. The number of urea groups is 2. The molecule has 0 aliphatic carbocycles. The molecule has 0 saturated heterocycles. The van der Waals surface area contributed by atoms with Crippen molar-refractivity contribution in [2.24, 2.45) is 0 Å². The number of hydrogen-bond donors (Lipinski definition) is 4. The van der Waals surface area contributed by atoms with E-state index in [0.29, 0.717) is 30.7 Å². The average Bonchev–Trinajstić information content (AvgIpc) is 2.61. The third-order valence-electron chi connectivity index (χ3n) is 2.86. The lowest BCUT2D eigenvalue weighted by molar-refractivity contribution is -0.139. The van der Waals surface area contributed by atoms with E-state index in [4.69, 9.17) is 9.47 Å². The van der Waals surface area contributed by atoms with Crippen molar-refractivity contribution in [1.29, 1.82) is 0 Å². The predicted octanol–water partition coefficient (Wildman–Crippen LogP) is 0.214. The first-order valence-corrected chi connectivity index (χ1v) is 8.42. The molecule has 0 aliphatic heterocycles. The van der Waals surface area contributed by atoms with Gasteiger partial charge in [-0.3, -0.25) is 0 Å². The Bertz CT molecular complexity index is 514. The van der Waals surface area contributed by atoms with Gasteiger partial charge in [-0.15, -0.1) is 0 Å². The molecule has 0 saturated carbocycles. The SMILES string of the molecule is C=C(C)C(=O)OCCNC(=O)NCCCNC(=O)NCCOC(=O)C(=C)C. The van der Waals surface area contributed by atoms with Crippen LogP contribution in [0.5, 0.6) is 0 Å². The van der Waals surface area contributed by atoms with Crippen LogP contribution in [0.3, 0.4) is 0 Å². The van der Waals surface area contributed by atoms with Crippen LogP contribution in [0.2, 0.25) is 0 Å². The molecule has 0 heterocycles. The van der Waals surface area contributed by atoms with Gasteiger partial charge in [0, 0.05) is 24.2 Å². The van der Waals surface area contributed by atoms with E-state index in [2.05, 4.69) is 34.4 Å². The van der Waals surface area contributed by atoms with Crippen LogP contribution >= 0.6 is 0 Å². The van der Waals surface area contributed by atoms with E-state index >= 15 is 0 Å². The lowest BCUT2D eigenvalue weighted by Crippen LogP contribution is -2.40. The summed E-state index contributed by atoms with van der Waals surface area (Å²) >= 11 is 0. The van der Waals surface area contributed by atoms with Crippen LogP contribution in [0.4, 0.5) is 9.59 Å². The maximum atomic E-state index is 11.5. The molecule has 0 radical (unpaired) electrons. The van der Waals surface area contributed by atoms with Crippen LogP contribution in [-0.4, -0.2) is 63.4 Å². The molecule has 0 aliphatic rings. The van der Waals surface area contributed by atoms with Crippen molar-refractivity contribution in [3.05, 3.63) is 24.3 Å². The van der Waals surface area contributed by atoms with Gasteiger partial charge in [0.25, 0.3) is 0 Å². The second-order valence-corrected chi connectivity index (χ2v) is 5.55. The summed E-state index contributed by atoms with van der Waals surface area (Å²) in [4.78, 5) is 45.2. The predicted molar refractivity (Wildman–Crippen MR) is 99.0 cm³/mol. The molecule has 0 aromatic heterocycles. The highest BCUT2D eigenvalue weighted by Crippen LogP contribution is 1.91. The lowest BCUT2D eigenvalue weighted by Gasteiger charge is -2.10. The van der Waals surface area contributed by atoms with E-state index in [9.17, 15) is 19.2 Å². The lowest BCUT2D eigenvalue weighted by atomic mass is 10.4. The highest BCUT2D eigenvalue weighted by Gasteiger charge is 2.05. The second-order valence-electron chi connectivity index (χ2n) is 5.55. The van der Waals surface area contributed by atoms with Gasteiger partial charge in [0.2, 0.25) is 0 Å². The zero-order valence-corrected chi connectivity index (χ0v) is 15.8. The Morgan fingerprint density at radius 3 is 1.33 bits per heavy atom. The van der Waals surface area contributed by atoms with Crippen LogP contribution in [0.1, 0.15) is 20.3 Å². The Hall–Kier alpha value is -3.04. The third kappa shape index (κ3) is 13.9. The number of carbonyl (C=O) groups is 4. The Labute approximate surface area is 158 Å². The van der Waals surface area contributed by atoms with E-state index in [1.54, 1.807) is 0 Å². The monoisotopic (exact) mass is 384 g/mol. The van der Waals surface area contributed by atoms with Crippen LogP contribution < -0.4 is 21.3 Å². The summed E-state index contributed by atoms with van der Waals surface area (Å²) < 4.78 is 9.64. The highest BCUT2D eigenvalue weighted by molar-refractivity contribution is 5.87. The average molecular weight is 384 g/mol. The van der Waals surface area contributed by atoms with E-state index in [0.717, 1.165) is 0 Å². The molecule has 0 aromatic rings. The molecule has 0 unspecified atom stereocenters. The van der Waals surface area contributed by atoms with Gasteiger partial charge in [-0.05, 0) is 20.3 Å². The normalized spacial score (nSPS) is 9.56. The van der Waals surface area contributed by atoms with Gasteiger partial charge in [-0.1, -0.05) is 13.2 Å². The van der Waals surface area contributed by atoms with Gasteiger partial charge in [-0.2, -0.15) is 0 Å². The van der Waals surface area contributed by atoms with Crippen molar-refractivity contribution in [1.82, 2.24) is 21.3 Å². The van der Waals surface area contributed by atoms with Gasteiger partial charge in [0.1, 0.15) is 13.2 Å². The molecule has 4 N–H and O–H groups in total. The Balaban J connectivity index is 3.53. The zero-order chi connectivity index (χ0) is 20.7. The Kier molecular flexibility index (Phi) is 12.6. The maximum Gasteiger partial charge on any atom is 0.333 e. The van der Waals surface area contributed by atoms with E-state index < -0.39 is 24.0 Å². The third-order valence-corrected chi connectivity index (χ3v) is 2.86. The quantitative estimate of drug-likeness (QED) is 0.216. The molecule has 0 fully saturated rings. The minimum absolute atomic E-state index is 0.0581. The summed E-state index contributed by atoms with van der Waals surface area (Å²) in [5.74, 6) is -1.01. The number of hydrogen-bond acceptors (Lipinski definition) is 6. The van der Waals surface area contributed by atoms with Crippen LogP contribution in [-0.2, 0) is 19.1 Å². The molecule has 0 bridgehead atoms. The van der Waals surface area contributed by atoms with Gasteiger partial charge in [-0.25, -0.2) is 19.2 Å². The summed E-state index contributed by atoms with van der Waals surface area (Å²) in [5, 5.41) is 10.2. The van der Waals surface area contributed by atoms with Crippen LogP contribution in [0.25, 0.3) is 0 Å². The molecule has 10 heteroatoms. The number of carbonyl (C=O) groups excluding carboxylic acids is 4. The standard InChI is InChI=1S/C17H28N4O6/c1-12(2)14(22)26-10-8-20-16(24)18-6-5-7-19-17(25)21-9-11-27-15(23)13(3)4/h1,3,5-11H2,2,4H3,(H2,18,20,24)(H2,19,21,25). The summed E-state index contributed by atoms with van der Waals surface area (Å²) in [6.45, 7) is 11.1. The van der Waals surface area contributed by atoms with Gasteiger partial charge in [0.05, 0.1) is 13.1 Å². The molecule has 0 atom stereocenters. The summed E-state index contributed by atoms with van der Waals surface area (Å²) in [7, 11) is 0. The molecular weight excluding hydrogens is 356 g/mol. The van der Waals surface area contributed by atoms with Crippen molar-refractivity contribution < 1.29 is 28.7 Å². The highest BCUT2D eigenvalue weighted by atomic mass is 16.5. The molecule has 0 aromatic carbocycles. The van der Waals surface area contributed by atoms with Gasteiger partial charge in [0.15, 0.2) is 0 Å². The van der Waals surface area contributed by atoms with E-state index in [-0.39, 0.29) is 26.3 Å². The van der Waals surface area contributed by atoms with E-state index in [1.807, 2.05) is 0 Å². The first-order valence-electron chi connectivity index (χ1n) is 8.42. The van der Waals surface area contributed by atoms with Crippen molar-refractivity contribution in [3.63, 3.8) is 0 Å². The van der Waals surface area contributed by atoms with Crippen LogP contribution in [0.15, 0.2) is 24.3 Å². The zero-order valence-electron chi connectivity index (χ0n) is 15.8. The number of nitrogens with one attached hydrogen (secondary N) is 4. The molecule has 4 amide bonds. The number of amides is 4. The minimum Gasteiger partial charge on any atom is -0.460 e. The first-order chi connectivity index (χ1) is 12.7. The summed E-state index contributed by atoms with van der Waals surface area (Å²) in [6.07, 6.45) is 0.524. The fourth-order valence-electron chi connectivity index (χ4n) is 1.48. The van der Waals surface area contributed by atoms with Gasteiger partial charge >= 0.3 is 24.0 Å². The van der Waals surface area contributed by atoms with Crippen molar-refractivity contribution in [2.45, 2.75) is 20.3 Å². The second kappa shape index (κ2) is 14.2. The fraction of sp³-hybridized carbons (Fsp3) is 0.529. The van der Waals surface area contributed by atoms with Crippen molar-refractivity contribution in [2.75, 3.05) is 39.4 Å². The van der Waals surface area contributed by atoms with Crippen LogP contribution in [0, 0.1) is 0 Å². The Morgan fingerprint density at radius 2 is 1.00 bits per heavy atom. The first kappa shape index (κ1) is 24.0. The number of esters is 2. The summed E-state index contributed by atoms with van der Waals surface area (Å²) in [5.41, 5.74) is 0.590. The fourth-order valence-corrected chi connectivity index (χ4v) is 1.48. The molecule has 10 nitrogen and oxygen atoms in total. The Morgan fingerprint density at radius 1 is 0.667 bits per heavy atom. The van der Waals surface area contributed by atoms with Crippen molar-refractivity contribution >= 4 is 24.0 Å². The summed E-state index contributed by atoms with van der Waals surface area (Å²) in [6, 6.07) is -0.796. The minimum atomic E-state index is -0.504. The largest absolute Gasteiger partial charge is 0.460 e. The van der Waals surface area contributed by atoms with Crippen molar-refractivity contribution in [3.8, 4) is 0 Å². The number of ether oxygens (including phenoxy) is 2. The molecule has 0 rings (SSSR count).